The number of piperazine rings is 1. The lowest BCUT2D eigenvalue weighted by Crippen LogP contribution is -2.48. The van der Waals surface area contributed by atoms with Crippen LogP contribution in [-0.2, 0) is 10.0 Å². The van der Waals surface area contributed by atoms with E-state index in [0.717, 1.165) is 16.9 Å². The van der Waals surface area contributed by atoms with Gasteiger partial charge in [0.1, 0.15) is 4.90 Å². The summed E-state index contributed by atoms with van der Waals surface area (Å²) in [5.74, 6) is 0.482. The molecule has 2 aromatic heterocycles. The number of hydrogen-bond acceptors (Lipinski definition) is 6. The summed E-state index contributed by atoms with van der Waals surface area (Å²) in [5, 5.41) is 13.2. The van der Waals surface area contributed by atoms with Gasteiger partial charge in [-0.05, 0) is 50.6 Å². The zero-order valence-electron chi connectivity index (χ0n) is 20.1. The van der Waals surface area contributed by atoms with E-state index in [0.29, 0.717) is 43.4 Å². The summed E-state index contributed by atoms with van der Waals surface area (Å²) in [7, 11) is -3.70. The molecule has 1 aliphatic heterocycles. The van der Waals surface area contributed by atoms with Crippen LogP contribution in [0.15, 0.2) is 71.6 Å². The topological polar surface area (TPSA) is 84.2 Å². The average molecular weight is 489 g/mol. The van der Waals surface area contributed by atoms with Gasteiger partial charge in [0.2, 0.25) is 10.0 Å². The quantitative estimate of drug-likeness (QED) is 0.425. The predicted molar refractivity (Wildman–Crippen MR) is 136 cm³/mol. The molecule has 1 saturated heterocycles. The van der Waals surface area contributed by atoms with Crippen molar-refractivity contribution in [1.29, 1.82) is 0 Å². The van der Waals surface area contributed by atoms with Gasteiger partial charge in [0, 0.05) is 37.4 Å². The molecule has 5 rings (SSSR count). The van der Waals surface area contributed by atoms with Gasteiger partial charge in [0.25, 0.3) is 0 Å². The maximum Gasteiger partial charge on any atom is 0.246 e. The van der Waals surface area contributed by atoms with Crippen molar-refractivity contribution >= 4 is 15.7 Å². The molecule has 8 nitrogen and oxygen atoms in total. The van der Waals surface area contributed by atoms with E-state index in [1.165, 1.54) is 5.56 Å². The molecule has 35 heavy (non-hydrogen) atoms. The Morgan fingerprint density at radius 3 is 2.20 bits per heavy atom. The summed E-state index contributed by atoms with van der Waals surface area (Å²) in [5.41, 5.74) is 5.02. The molecule has 0 saturated carbocycles. The van der Waals surface area contributed by atoms with Crippen molar-refractivity contribution in [3.8, 4) is 17.1 Å². The number of aromatic nitrogens is 4. The summed E-state index contributed by atoms with van der Waals surface area (Å²) in [4.78, 5) is 2.47. The van der Waals surface area contributed by atoms with E-state index in [1.807, 2.05) is 48.5 Å². The molecule has 0 amide bonds. The lowest BCUT2D eigenvalue weighted by Gasteiger charge is -2.35. The predicted octanol–water partition coefficient (Wildman–Crippen LogP) is 3.77. The second-order valence-corrected chi connectivity index (χ2v) is 10.7. The van der Waals surface area contributed by atoms with Gasteiger partial charge in [-0.2, -0.15) is 9.40 Å². The highest BCUT2D eigenvalue weighted by Gasteiger charge is 2.33. The lowest BCUT2D eigenvalue weighted by atomic mass is 10.1. The molecule has 0 spiro atoms. The Morgan fingerprint density at radius 1 is 0.800 bits per heavy atom. The molecular formula is C26H28N6O2S. The highest BCUT2D eigenvalue weighted by molar-refractivity contribution is 7.89. The van der Waals surface area contributed by atoms with Crippen LogP contribution in [-0.4, -0.2) is 58.9 Å². The van der Waals surface area contributed by atoms with Crippen LogP contribution in [0.25, 0.3) is 17.1 Å². The minimum absolute atomic E-state index is 0.246. The molecule has 1 aliphatic rings. The van der Waals surface area contributed by atoms with Gasteiger partial charge in [-0.1, -0.05) is 42.5 Å². The third kappa shape index (κ3) is 4.44. The van der Waals surface area contributed by atoms with Crippen LogP contribution in [0, 0.1) is 20.8 Å². The smallest absolute Gasteiger partial charge is 0.246 e. The molecule has 0 aliphatic carbocycles. The minimum atomic E-state index is -3.70. The number of sulfonamides is 1. The first-order valence-corrected chi connectivity index (χ1v) is 13.1. The summed E-state index contributed by atoms with van der Waals surface area (Å²) >= 11 is 0. The summed E-state index contributed by atoms with van der Waals surface area (Å²) in [6.45, 7) is 7.68. The molecule has 3 heterocycles. The van der Waals surface area contributed by atoms with E-state index >= 15 is 0 Å². The van der Waals surface area contributed by atoms with Crippen molar-refractivity contribution in [2.75, 3.05) is 31.1 Å². The third-order valence-electron chi connectivity index (χ3n) is 6.37. The normalized spacial score (nSPS) is 14.9. The van der Waals surface area contributed by atoms with Crippen LogP contribution < -0.4 is 4.90 Å². The van der Waals surface area contributed by atoms with E-state index in [9.17, 15) is 8.42 Å². The number of benzene rings is 2. The minimum Gasteiger partial charge on any atom is -0.369 e. The lowest BCUT2D eigenvalue weighted by molar-refractivity contribution is 0.384. The monoisotopic (exact) mass is 488 g/mol. The fourth-order valence-corrected chi connectivity index (χ4v) is 6.34. The van der Waals surface area contributed by atoms with E-state index in [-0.39, 0.29) is 4.90 Å². The standard InChI is InChI=1S/C26H28N6O2S/c1-19-8-7-11-23(18-19)30-14-16-31(17-15-30)35(33,34)26-20(2)29-32(21(26)3)25-13-12-24(27-28-25)22-9-5-4-6-10-22/h4-13,18H,14-17H2,1-3H3. The Morgan fingerprint density at radius 2 is 1.54 bits per heavy atom. The first-order valence-electron chi connectivity index (χ1n) is 11.6. The Balaban J connectivity index is 1.37. The first kappa shape index (κ1) is 23.2. The molecule has 0 N–H and O–H groups in total. The van der Waals surface area contributed by atoms with Crippen LogP contribution >= 0.6 is 0 Å². The Bertz CT molecular complexity index is 1440. The fraction of sp³-hybridized carbons (Fsp3) is 0.269. The number of hydrogen-bond donors (Lipinski definition) is 0. The van der Waals surface area contributed by atoms with Crippen LogP contribution in [0.1, 0.15) is 17.0 Å². The van der Waals surface area contributed by atoms with Crippen LogP contribution in [0.4, 0.5) is 5.69 Å². The fourth-order valence-electron chi connectivity index (χ4n) is 4.57. The van der Waals surface area contributed by atoms with E-state index < -0.39 is 10.0 Å². The Labute approximate surface area is 205 Å². The third-order valence-corrected chi connectivity index (χ3v) is 8.52. The maximum atomic E-state index is 13.6. The summed E-state index contributed by atoms with van der Waals surface area (Å²) in [6, 6.07) is 21.8. The van der Waals surface area contributed by atoms with Gasteiger partial charge in [0.05, 0.1) is 17.1 Å². The van der Waals surface area contributed by atoms with Gasteiger partial charge in [-0.25, -0.2) is 13.1 Å². The number of rotatable bonds is 5. The molecule has 1 fully saturated rings. The Kier molecular flexibility index (Phi) is 6.12. The molecule has 0 bridgehead atoms. The van der Waals surface area contributed by atoms with Crippen molar-refractivity contribution in [2.24, 2.45) is 0 Å². The molecule has 9 heteroatoms. The Hall–Kier alpha value is -3.56. The average Bonchev–Trinajstić information content (AvgIpc) is 3.19. The molecule has 2 aromatic carbocycles. The van der Waals surface area contributed by atoms with Crippen molar-refractivity contribution in [3.63, 3.8) is 0 Å². The van der Waals surface area contributed by atoms with E-state index in [2.05, 4.69) is 45.3 Å². The summed E-state index contributed by atoms with van der Waals surface area (Å²) in [6.07, 6.45) is 0. The second-order valence-electron chi connectivity index (χ2n) is 8.78. The van der Waals surface area contributed by atoms with Crippen LogP contribution in [0.5, 0.6) is 0 Å². The van der Waals surface area contributed by atoms with Gasteiger partial charge >= 0.3 is 0 Å². The molecule has 180 valence electrons. The molecule has 0 unspecified atom stereocenters. The molecule has 0 radical (unpaired) electrons. The molecule has 0 atom stereocenters. The van der Waals surface area contributed by atoms with Crippen LogP contribution in [0.2, 0.25) is 0 Å². The van der Waals surface area contributed by atoms with E-state index in [1.54, 1.807) is 22.8 Å². The SMILES string of the molecule is Cc1cccc(N2CCN(S(=O)(=O)c3c(C)nn(-c4ccc(-c5ccccc5)nn4)c3C)CC2)c1. The first-order chi connectivity index (χ1) is 16.8. The van der Waals surface area contributed by atoms with Gasteiger partial charge < -0.3 is 4.90 Å². The highest BCUT2D eigenvalue weighted by Crippen LogP contribution is 2.27. The number of nitrogens with zero attached hydrogens (tertiary/aromatic N) is 6. The maximum absolute atomic E-state index is 13.6. The zero-order valence-corrected chi connectivity index (χ0v) is 20.9. The second kappa shape index (κ2) is 9.24. The van der Waals surface area contributed by atoms with Crippen molar-refractivity contribution in [1.82, 2.24) is 24.3 Å². The van der Waals surface area contributed by atoms with Crippen LogP contribution in [0.3, 0.4) is 0 Å². The zero-order chi connectivity index (χ0) is 24.6. The van der Waals surface area contributed by atoms with Gasteiger partial charge in [0.15, 0.2) is 5.82 Å². The van der Waals surface area contributed by atoms with Crippen molar-refractivity contribution < 1.29 is 8.42 Å². The molecular weight excluding hydrogens is 460 g/mol. The number of anilines is 1. The van der Waals surface area contributed by atoms with Crippen molar-refractivity contribution in [2.45, 2.75) is 25.7 Å². The largest absolute Gasteiger partial charge is 0.369 e. The molecule has 4 aromatic rings. The summed E-state index contributed by atoms with van der Waals surface area (Å²) < 4.78 is 30.4. The highest BCUT2D eigenvalue weighted by atomic mass is 32.2. The van der Waals surface area contributed by atoms with Gasteiger partial charge in [-0.15, -0.1) is 10.2 Å². The number of aryl methyl sites for hydroxylation is 2. The van der Waals surface area contributed by atoms with Gasteiger partial charge in [-0.3, -0.25) is 0 Å². The van der Waals surface area contributed by atoms with Crippen molar-refractivity contribution in [3.05, 3.63) is 83.7 Å². The van der Waals surface area contributed by atoms with E-state index in [4.69, 9.17) is 0 Å².